The Morgan fingerprint density at radius 3 is 2.86 bits per heavy atom. The lowest BCUT2D eigenvalue weighted by Gasteiger charge is -2.06. The first kappa shape index (κ1) is 11.0. The molecule has 0 radical (unpaired) electrons. The molecule has 0 saturated carbocycles. The van der Waals surface area contributed by atoms with Gasteiger partial charge in [0.25, 0.3) is 0 Å². The summed E-state index contributed by atoms with van der Waals surface area (Å²) in [5, 5.41) is 9.47. The highest BCUT2D eigenvalue weighted by Gasteiger charge is 2.11. The minimum atomic E-state index is -0.338. The minimum absolute atomic E-state index is 0.0844. The van der Waals surface area contributed by atoms with E-state index in [0.29, 0.717) is 16.6 Å². The number of aromatic hydroxyl groups is 1. The quantitative estimate of drug-likeness (QED) is 0.847. The zero-order valence-corrected chi connectivity index (χ0v) is 9.37. The van der Waals surface area contributed by atoms with Crippen LogP contribution in [-0.4, -0.2) is 17.7 Å². The number of benzene rings is 1. The summed E-state index contributed by atoms with van der Waals surface area (Å²) in [6.45, 7) is 2.10. The number of phenolic OH excluding ortho intramolecular Hbond substituents is 1. The van der Waals surface area contributed by atoms with Crippen molar-refractivity contribution in [2.24, 2.45) is 0 Å². The van der Waals surface area contributed by atoms with E-state index in [1.54, 1.807) is 25.1 Å². The fourth-order valence-corrected chi connectivity index (χ4v) is 1.57. The van der Waals surface area contributed by atoms with E-state index in [4.69, 9.17) is 4.74 Å². The molecule has 0 amide bonds. The van der Waals surface area contributed by atoms with Gasteiger partial charge < -0.3 is 9.84 Å². The van der Waals surface area contributed by atoms with Crippen molar-refractivity contribution in [3.63, 3.8) is 0 Å². The van der Waals surface area contributed by atoms with E-state index in [9.17, 15) is 9.90 Å². The summed E-state index contributed by atoms with van der Waals surface area (Å²) in [6.07, 6.45) is 0.0844. The molecule has 0 unspecified atom stereocenters. The van der Waals surface area contributed by atoms with Crippen LogP contribution in [0.2, 0.25) is 0 Å². The first-order chi connectivity index (χ1) is 6.65. The van der Waals surface area contributed by atoms with Gasteiger partial charge in [-0.15, -0.1) is 0 Å². The van der Waals surface area contributed by atoms with Crippen LogP contribution >= 0.6 is 15.9 Å². The fraction of sp³-hybridized carbons (Fsp3) is 0.300. The summed E-state index contributed by atoms with van der Waals surface area (Å²) in [7, 11) is 0. The maximum Gasteiger partial charge on any atom is 0.310 e. The molecule has 0 aliphatic carbocycles. The maximum absolute atomic E-state index is 11.2. The molecule has 0 bridgehead atoms. The molecule has 76 valence electrons. The topological polar surface area (TPSA) is 46.5 Å². The predicted octanol–water partition coefficient (Wildman–Crippen LogP) is 2.26. The minimum Gasteiger partial charge on any atom is -0.508 e. The monoisotopic (exact) mass is 258 g/mol. The number of ether oxygens (including phenoxy) is 1. The average Bonchev–Trinajstić information content (AvgIpc) is 2.12. The van der Waals surface area contributed by atoms with E-state index < -0.39 is 0 Å². The van der Waals surface area contributed by atoms with Crippen LogP contribution < -0.4 is 0 Å². The Hall–Kier alpha value is -1.03. The lowest BCUT2D eigenvalue weighted by molar-refractivity contribution is -0.142. The summed E-state index contributed by atoms with van der Waals surface area (Å²) in [5.41, 5.74) is 0.561. The number of carbonyl (C=O) groups excluding carboxylic acids is 1. The molecule has 4 heteroatoms. The van der Waals surface area contributed by atoms with Crippen LogP contribution in [0.15, 0.2) is 22.7 Å². The number of phenols is 1. The zero-order valence-electron chi connectivity index (χ0n) is 7.79. The molecule has 1 aromatic carbocycles. The molecule has 1 aromatic rings. The SMILES string of the molecule is CCOC(=O)Cc1c(O)cccc1Br. The number of rotatable bonds is 3. The highest BCUT2D eigenvalue weighted by atomic mass is 79.9. The van der Waals surface area contributed by atoms with Crippen molar-refractivity contribution in [2.75, 3.05) is 6.61 Å². The Kier molecular flexibility index (Phi) is 3.95. The van der Waals surface area contributed by atoms with Crippen LogP contribution in [0.3, 0.4) is 0 Å². The van der Waals surface area contributed by atoms with Crippen LogP contribution in [0.5, 0.6) is 5.75 Å². The maximum atomic E-state index is 11.2. The van der Waals surface area contributed by atoms with Crippen molar-refractivity contribution in [2.45, 2.75) is 13.3 Å². The van der Waals surface area contributed by atoms with Gasteiger partial charge in [-0.1, -0.05) is 22.0 Å². The molecule has 0 aliphatic rings. The van der Waals surface area contributed by atoms with Gasteiger partial charge in [0, 0.05) is 10.0 Å². The third kappa shape index (κ3) is 2.73. The lowest BCUT2D eigenvalue weighted by atomic mass is 10.1. The number of hydrogen-bond acceptors (Lipinski definition) is 3. The Bertz CT molecular complexity index is 316. The van der Waals surface area contributed by atoms with E-state index in [1.165, 1.54) is 0 Å². The number of halogens is 1. The molecule has 0 heterocycles. The standard InChI is InChI=1S/C10H11BrO3/c1-2-14-10(13)6-7-8(11)4-3-5-9(7)12/h3-5,12H,2,6H2,1H3. The first-order valence-electron chi connectivity index (χ1n) is 4.27. The molecule has 0 saturated heterocycles. The Morgan fingerprint density at radius 1 is 1.57 bits per heavy atom. The van der Waals surface area contributed by atoms with E-state index in [-0.39, 0.29) is 18.1 Å². The molecule has 0 atom stereocenters. The Balaban J connectivity index is 2.80. The van der Waals surface area contributed by atoms with Crippen LogP contribution in [0, 0.1) is 0 Å². The van der Waals surface area contributed by atoms with Gasteiger partial charge in [0.05, 0.1) is 13.0 Å². The van der Waals surface area contributed by atoms with Crippen LogP contribution in [0.1, 0.15) is 12.5 Å². The molecule has 1 N–H and O–H groups in total. The van der Waals surface area contributed by atoms with Gasteiger partial charge in [0.1, 0.15) is 5.75 Å². The van der Waals surface area contributed by atoms with Crippen molar-refractivity contribution >= 4 is 21.9 Å². The van der Waals surface area contributed by atoms with Gasteiger partial charge in [-0.05, 0) is 19.1 Å². The summed E-state index contributed by atoms with van der Waals surface area (Å²) < 4.78 is 5.50. The van der Waals surface area contributed by atoms with Gasteiger partial charge in [-0.3, -0.25) is 4.79 Å². The molecule has 0 aromatic heterocycles. The van der Waals surface area contributed by atoms with Crippen molar-refractivity contribution in [1.29, 1.82) is 0 Å². The largest absolute Gasteiger partial charge is 0.508 e. The van der Waals surface area contributed by atoms with Gasteiger partial charge in [0.15, 0.2) is 0 Å². The Morgan fingerprint density at radius 2 is 2.29 bits per heavy atom. The molecular weight excluding hydrogens is 248 g/mol. The van der Waals surface area contributed by atoms with E-state index in [2.05, 4.69) is 15.9 Å². The third-order valence-electron chi connectivity index (χ3n) is 1.72. The van der Waals surface area contributed by atoms with Crippen LogP contribution in [-0.2, 0) is 16.0 Å². The Labute approximate surface area is 90.8 Å². The molecule has 14 heavy (non-hydrogen) atoms. The second-order valence-electron chi connectivity index (χ2n) is 2.72. The molecular formula is C10H11BrO3. The number of carbonyl (C=O) groups is 1. The van der Waals surface area contributed by atoms with Gasteiger partial charge in [-0.2, -0.15) is 0 Å². The highest BCUT2D eigenvalue weighted by molar-refractivity contribution is 9.10. The van der Waals surface area contributed by atoms with Gasteiger partial charge in [-0.25, -0.2) is 0 Å². The number of esters is 1. The molecule has 0 aliphatic heterocycles. The number of hydrogen-bond donors (Lipinski definition) is 1. The summed E-state index contributed by atoms with van der Waals surface area (Å²) in [6, 6.07) is 5.02. The highest BCUT2D eigenvalue weighted by Crippen LogP contribution is 2.26. The summed E-state index contributed by atoms with van der Waals surface area (Å²) in [4.78, 5) is 11.2. The van der Waals surface area contributed by atoms with Crippen LogP contribution in [0.4, 0.5) is 0 Å². The predicted molar refractivity (Wildman–Crippen MR) is 56.1 cm³/mol. The van der Waals surface area contributed by atoms with Crippen molar-refractivity contribution in [1.82, 2.24) is 0 Å². The normalized spacial score (nSPS) is 9.86. The van der Waals surface area contributed by atoms with Gasteiger partial charge >= 0.3 is 5.97 Å². The van der Waals surface area contributed by atoms with E-state index >= 15 is 0 Å². The van der Waals surface area contributed by atoms with Crippen LogP contribution in [0.25, 0.3) is 0 Å². The molecule has 1 rings (SSSR count). The van der Waals surface area contributed by atoms with Crippen molar-refractivity contribution < 1.29 is 14.6 Å². The summed E-state index contributed by atoms with van der Waals surface area (Å²) in [5.74, 6) is -0.234. The first-order valence-corrected chi connectivity index (χ1v) is 5.06. The lowest BCUT2D eigenvalue weighted by Crippen LogP contribution is -2.08. The zero-order chi connectivity index (χ0) is 10.6. The molecule has 0 fully saturated rings. The summed E-state index contributed by atoms with van der Waals surface area (Å²) >= 11 is 3.26. The van der Waals surface area contributed by atoms with E-state index in [1.807, 2.05) is 0 Å². The molecule has 3 nitrogen and oxygen atoms in total. The average molecular weight is 259 g/mol. The molecule has 0 spiro atoms. The fourth-order valence-electron chi connectivity index (χ4n) is 1.08. The second kappa shape index (κ2) is 5.00. The van der Waals surface area contributed by atoms with Crippen molar-refractivity contribution in [3.8, 4) is 5.75 Å². The van der Waals surface area contributed by atoms with Crippen molar-refractivity contribution in [3.05, 3.63) is 28.2 Å². The van der Waals surface area contributed by atoms with E-state index in [0.717, 1.165) is 0 Å². The second-order valence-corrected chi connectivity index (χ2v) is 3.57. The smallest absolute Gasteiger partial charge is 0.310 e. The van der Waals surface area contributed by atoms with Gasteiger partial charge in [0.2, 0.25) is 0 Å². The third-order valence-corrected chi connectivity index (χ3v) is 2.46.